The third-order valence-corrected chi connectivity index (χ3v) is 3.20. The van der Waals surface area contributed by atoms with Gasteiger partial charge in [-0.2, -0.15) is 0 Å². The van der Waals surface area contributed by atoms with Gasteiger partial charge in [0.25, 0.3) is 0 Å². The lowest BCUT2D eigenvalue weighted by atomic mass is 10.1. The summed E-state index contributed by atoms with van der Waals surface area (Å²) in [7, 11) is 0. The average molecular weight is 354 g/mol. The van der Waals surface area contributed by atoms with Crippen LogP contribution < -0.4 is 0 Å². The van der Waals surface area contributed by atoms with E-state index in [2.05, 4.69) is 20.1 Å². The largest absolute Gasteiger partial charge is 0.478 e. The zero-order chi connectivity index (χ0) is 19.7. The van der Waals surface area contributed by atoms with Gasteiger partial charge in [0.2, 0.25) is 0 Å². The summed E-state index contributed by atoms with van der Waals surface area (Å²) in [6, 6.07) is 0. The molecule has 6 heteroatoms. The van der Waals surface area contributed by atoms with Crippen molar-refractivity contribution in [3.05, 3.63) is 36.5 Å². The molecular formula is C19H30O6. The number of esters is 1. The second-order valence-corrected chi connectivity index (χ2v) is 5.44. The summed E-state index contributed by atoms with van der Waals surface area (Å²) in [4.78, 5) is 31.0. The second kappa shape index (κ2) is 16.5. The van der Waals surface area contributed by atoms with Crippen LogP contribution in [-0.4, -0.2) is 34.7 Å². The Morgan fingerprint density at radius 3 is 2.04 bits per heavy atom. The molecule has 0 saturated heterocycles. The molecule has 0 unspecified atom stereocenters. The first kappa shape index (κ1) is 24.9. The Morgan fingerprint density at radius 2 is 1.56 bits per heavy atom. The van der Waals surface area contributed by atoms with E-state index in [1.54, 1.807) is 0 Å². The van der Waals surface area contributed by atoms with E-state index in [1.807, 2.05) is 0 Å². The maximum absolute atomic E-state index is 10.6. The number of carboxylic acids is 2. The fourth-order valence-electron chi connectivity index (χ4n) is 1.56. The molecule has 0 spiro atoms. The molecule has 0 saturated carbocycles. The molecule has 0 aromatic heterocycles. The van der Waals surface area contributed by atoms with Crippen LogP contribution in [0.3, 0.4) is 0 Å². The molecule has 0 amide bonds. The van der Waals surface area contributed by atoms with E-state index in [4.69, 9.17) is 14.9 Å². The van der Waals surface area contributed by atoms with Crippen LogP contribution in [0.5, 0.6) is 0 Å². The molecule has 25 heavy (non-hydrogen) atoms. The molecule has 0 aromatic rings. The summed E-state index contributed by atoms with van der Waals surface area (Å²) in [6.45, 7) is 10.7. The minimum absolute atomic E-state index is 0.0180. The minimum atomic E-state index is -1.11. The summed E-state index contributed by atoms with van der Waals surface area (Å²) in [6.07, 6.45) is 9.85. The Bertz CT molecular complexity index is 476. The number of hydrogen-bond acceptors (Lipinski definition) is 4. The molecule has 0 aliphatic carbocycles. The van der Waals surface area contributed by atoms with Crippen molar-refractivity contribution in [1.82, 2.24) is 0 Å². The minimum Gasteiger partial charge on any atom is -0.478 e. The molecule has 0 heterocycles. The zero-order valence-corrected chi connectivity index (χ0v) is 15.3. The van der Waals surface area contributed by atoms with Crippen molar-refractivity contribution in [2.24, 2.45) is 0 Å². The Kier molecular flexibility index (Phi) is 16.4. The third-order valence-electron chi connectivity index (χ3n) is 3.20. The van der Waals surface area contributed by atoms with Gasteiger partial charge in [-0.1, -0.05) is 58.3 Å². The molecule has 0 radical (unpaired) electrons. The topological polar surface area (TPSA) is 101 Å². The fraction of sp³-hybridized carbons (Fsp3) is 0.526. The number of aliphatic carboxylic acids is 2. The van der Waals surface area contributed by atoms with Crippen LogP contribution in [0.15, 0.2) is 36.5 Å². The van der Waals surface area contributed by atoms with Gasteiger partial charge in [-0.15, -0.1) is 0 Å². The van der Waals surface area contributed by atoms with Crippen LogP contribution in [0, 0.1) is 0 Å². The van der Waals surface area contributed by atoms with Crippen molar-refractivity contribution in [2.45, 2.75) is 58.8 Å². The van der Waals surface area contributed by atoms with Crippen LogP contribution in [0.4, 0.5) is 0 Å². The van der Waals surface area contributed by atoms with Crippen molar-refractivity contribution < 1.29 is 29.3 Å². The number of carbonyl (C=O) groups excluding carboxylic acids is 1. The summed E-state index contributed by atoms with van der Waals surface area (Å²) in [5.41, 5.74) is 0.105. The maximum Gasteiger partial charge on any atom is 0.331 e. The number of allylic oxidation sites excluding steroid dienone is 1. The van der Waals surface area contributed by atoms with Gasteiger partial charge in [0, 0.05) is 17.2 Å². The van der Waals surface area contributed by atoms with E-state index < -0.39 is 11.9 Å². The first-order valence-corrected chi connectivity index (χ1v) is 8.36. The molecule has 6 nitrogen and oxygen atoms in total. The van der Waals surface area contributed by atoms with E-state index in [9.17, 15) is 14.4 Å². The smallest absolute Gasteiger partial charge is 0.331 e. The Morgan fingerprint density at radius 1 is 1.00 bits per heavy atom. The molecule has 0 aliphatic rings. The molecule has 0 bridgehead atoms. The van der Waals surface area contributed by atoms with Gasteiger partial charge in [-0.3, -0.25) is 0 Å². The van der Waals surface area contributed by atoms with Crippen LogP contribution >= 0.6 is 0 Å². The molecule has 0 aromatic carbocycles. The van der Waals surface area contributed by atoms with Gasteiger partial charge in [0.05, 0.1) is 6.61 Å². The predicted octanol–water partition coefficient (Wildman–Crippen LogP) is 4.12. The highest BCUT2D eigenvalue weighted by Gasteiger charge is 2.03. The van der Waals surface area contributed by atoms with E-state index in [1.165, 1.54) is 44.8 Å². The number of rotatable bonds is 12. The first-order valence-electron chi connectivity index (χ1n) is 8.36. The molecule has 0 aliphatic heterocycles. The van der Waals surface area contributed by atoms with Crippen molar-refractivity contribution in [2.75, 3.05) is 6.61 Å². The summed E-state index contributed by atoms with van der Waals surface area (Å²) in [5, 5.41) is 16.7. The standard InChI is InChI=1S/C11H20O2.C8H10O4/c1-3-5-6-7-8-9-10-13-11(12)4-2;1-5(7(9)10)3-4-6(2)8(11)12/h4H,2-3,5-10H2,1H3;4H,1,3H2,2H3,(H,9,10)(H,11,12). The van der Waals surface area contributed by atoms with Crippen LogP contribution in [-0.2, 0) is 19.1 Å². The van der Waals surface area contributed by atoms with Gasteiger partial charge < -0.3 is 14.9 Å². The normalized spacial score (nSPS) is 10.2. The zero-order valence-electron chi connectivity index (χ0n) is 15.3. The molecule has 0 rings (SSSR count). The maximum atomic E-state index is 10.6. The van der Waals surface area contributed by atoms with Gasteiger partial charge >= 0.3 is 17.9 Å². The lowest BCUT2D eigenvalue weighted by Gasteiger charge is -2.01. The van der Waals surface area contributed by atoms with Gasteiger partial charge in [0.1, 0.15) is 0 Å². The summed E-state index contributed by atoms with van der Waals surface area (Å²) < 4.78 is 4.84. The Balaban J connectivity index is 0. The molecule has 142 valence electrons. The van der Waals surface area contributed by atoms with Crippen molar-refractivity contribution in [1.29, 1.82) is 0 Å². The van der Waals surface area contributed by atoms with Crippen LogP contribution in [0.1, 0.15) is 58.8 Å². The number of carboxylic acid groups (broad SMARTS) is 2. The highest BCUT2D eigenvalue weighted by atomic mass is 16.5. The molecule has 0 fully saturated rings. The van der Waals surface area contributed by atoms with Crippen molar-refractivity contribution >= 4 is 17.9 Å². The predicted molar refractivity (Wildman–Crippen MR) is 97.3 cm³/mol. The SMILES string of the molecule is C=C(CC=C(C)C(=O)O)C(=O)O.C=CC(=O)OCCCCCCCC. The quantitative estimate of drug-likeness (QED) is 0.310. The Hall–Kier alpha value is -2.37. The highest BCUT2D eigenvalue weighted by molar-refractivity contribution is 5.88. The van der Waals surface area contributed by atoms with Gasteiger partial charge in [-0.25, -0.2) is 14.4 Å². The summed E-state index contributed by atoms with van der Waals surface area (Å²) >= 11 is 0. The average Bonchev–Trinajstić information content (AvgIpc) is 2.58. The summed E-state index contributed by atoms with van der Waals surface area (Å²) in [5.74, 6) is -2.47. The van der Waals surface area contributed by atoms with Gasteiger partial charge in [0.15, 0.2) is 0 Å². The monoisotopic (exact) mass is 354 g/mol. The number of ether oxygens (including phenoxy) is 1. The number of hydrogen-bond donors (Lipinski definition) is 2. The lowest BCUT2D eigenvalue weighted by Crippen LogP contribution is -2.01. The highest BCUT2D eigenvalue weighted by Crippen LogP contribution is 2.05. The third kappa shape index (κ3) is 17.8. The molecule has 0 atom stereocenters. The van der Waals surface area contributed by atoms with Crippen LogP contribution in [0.2, 0.25) is 0 Å². The van der Waals surface area contributed by atoms with E-state index in [0.29, 0.717) is 6.61 Å². The van der Waals surface area contributed by atoms with Crippen molar-refractivity contribution in [3.8, 4) is 0 Å². The second-order valence-electron chi connectivity index (χ2n) is 5.44. The Labute approximate surface area is 149 Å². The van der Waals surface area contributed by atoms with Gasteiger partial charge in [-0.05, 0) is 19.8 Å². The van der Waals surface area contributed by atoms with Crippen LogP contribution in [0.25, 0.3) is 0 Å². The lowest BCUT2D eigenvalue weighted by molar-refractivity contribution is -0.138. The van der Waals surface area contributed by atoms with Crippen molar-refractivity contribution in [3.63, 3.8) is 0 Å². The number of carbonyl (C=O) groups is 3. The van der Waals surface area contributed by atoms with E-state index in [0.717, 1.165) is 12.8 Å². The van der Waals surface area contributed by atoms with E-state index >= 15 is 0 Å². The molecular weight excluding hydrogens is 324 g/mol. The number of unbranched alkanes of at least 4 members (excludes halogenated alkanes) is 5. The molecule has 2 N–H and O–H groups in total. The first-order chi connectivity index (χ1) is 11.8. The fourth-order valence-corrected chi connectivity index (χ4v) is 1.56. The van der Waals surface area contributed by atoms with E-state index in [-0.39, 0.29) is 23.5 Å².